The van der Waals surface area contributed by atoms with Crippen molar-refractivity contribution in [2.75, 3.05) is 0 Å². The summed E-state index contributed by atoms with van der Waals surface area (Å²) >= 11 is 1.49. The third-order valence-electron chi connectivity index (χ3n) is 3.80. The van der Waals surface area contributed by atoms with Gasteiger partial charge in [0.15, 0.2) is 11.2 Å². The molecule has 0 aliphatic rings. The van der Waals surface area contributed by atoms with Gasteiger partial charge in [-0.2, -0.15) is 0 Å². The SMILES string of the molecule is Fc1ccc(CSc2ncnc3c2nnn3Cc2ccc(F)cc2)cc1. The molecule has 0 saturated carbocycles. The van der Waals surface area contributed by atoms with E-state index < -0.39 is 0 Å². The molecule has 0 saturated heterocycles. The maximum atomic E-state index is 13.0. The first-order valence-corrected chi connectivity index (χ1v) is 8.83. The molecule has 0 radical (unpaired) electrons. The summed E-state index contributed by atoms with van der Waals surface area (Å²) in [7, 11) is 0. The molecule has 2 aromatic carbocycles. The number of hydrogen-bond acceptors (Lipinski definition) is 5. The quantitative estimate of drug-likeness (QED) is 0.395. The number of hydrogen-bond donors (Lipinski definition) is 0. The Morgan fingerprint density at radius 2 is 1.50 bits per heavy atom. The molecular formula is C18H13F2N5S. The van der Waals surface area contributed by atoms with Crippen molar-refractivity contribution >= 4 is 22.9 Å². The van der Waals surface area contributed by atoms with E-state index >= 15 is 0 Å². The lowest BCUT2D eigenvalue weighted by Crippen LogP contribution is -2.03. The predicted molar refractivity (Wildman–Crippen MR) is 94.6 cm³/mol. The van der Waals surface area contributed by atoms with Gasteiger partial charge in [-0.05, 0) is 35.4 Å². The molecule has 130 valence electrons. The van der Waals surface area contributed by atoms with E-state index in [1.807, 2.05) is 0 Å². The Kier molecular flexibility index (Phi) is 4.57. The highest BCUT2D eigenvalue weighted by molar-refractivity contribution is 7.98. The number of halogens is 2. The van der Waals surface area contributed by atoms with E-state index in [0.717, 1.165) is 11.1 Å². The smallest absolute Gasteiger partial charge is 0.183 e. The molecule has 2 aromatic heterocycles. The highest BCUT2D eigenvalue weighted by Crippen LogP contribution is 2.26. The van der Waals surface area contributed by atoms with E-state index in [-0.39, 0.29) is 11.6 Å². The normalized spacial score (nSPS) is 11.2. The average molecular weight is 369 g/mol. The predicted octanol–water partition coefficient (Wildman–Crippen LogP) is 3.84. The Morgan fingerprint density at radius 1 is 0.846 bits per heavy atom. The van der Waals surface area contributed by atoms with Crippen LogP contribution < -0.4 is 0 Å². The Morgan fingerprint density at radius 3 is 2.19 bits per heavy atom. The summed E-state index contributed by atoms with van der Waals surface area (Å²) in [5.74, 6) is 0.0999. The van der Waals surface area contributed by atoms with E-state index in [1.165, 1.54) is 42.4 Å². The molecule has 8 heteroatoms. The maximum Gasteiger partial charge on any atom is 0.183 e. The topological polar surface area (TPSA) is 56.5 Å². The zero-order chi connectivity index (χ0) is 17.9. The minimum atomic E-state index is -0.279. The van der Waals surface area contributed by atoms with Crippen LogP contribution in [-0.4, -0.2) is 25.0 Å². The number of thioether (sulfide) groups is 1. The third-order valence-corrected chi connectivity index (χ3v) is 4.85. The monoisotopic (exact) mass is 369 g/mol. The molecule has 0 amide bonds. The van der Waals surface area contributed by atoms with Gasteiger partial charge in [-0.3, -0.25) is 0 Å². The third kappa shape index (κ3) is 3.55. The zero-order valence-electron chi connectivity index (χ0n) is 13.5. The average Bonchev–Trinajstić information content (AvgIpc) is 3.07. The molecule has 0 fully saturated rings. The summed E-state index contributed by atoms with van der Waals surface area (Å²) in [4.78, 5) is 8.56. The van der Waals surface area contributed by atoms with Crippen LogP contribution in [0.25, 0.3) is 11.2 Å². The van der Waals surface area contributed by atoms with E-state index in [4.69, 9.17) is 0 Å². The van der Waals surface area contributed by atoms with Gasteiger partial charge in [-0.1, -0.05) is 41.2 Å². The highest BCUT2D eigenvalue weighted by atomic mass is 32.2. The number of aromatic nitrogens is 5. The summed E-state index contributed by atoms with van der Waals surface area (Å²) in [6.45, 7) is 0.440. The molecule has 0 spiro atoms. The second-order valence-corrected chi connectivity index (χ2v) is 6.60. The lowest BCUT2D eigenvalue weighted by atomic mass is 10.2. The molecular weight excluding hydrogens is 356 g/mol. The standard InChI is InChI=1S/C18H13F2N5S/c19-14-5-1-12(2-6-14)9-25-17-16(23-24-25)18(22-11-21-17)26-10-13-3-7-15(20)8-4-13/h1-8,11H,9-10H2. The second kappa shape index (κ2) is 7.17. The van der Waals surface area contributed by atoms with Crippen molar-refractivity contribution in [2.45, 2.75) is 17.3 Å². The molecule has 4 rings (SSSR count). The fourth-order valence-corrected chi connectivity index (χ4v) is 3.36. The Hall–Kier alpha value is -2.87. The fraction of sp³-hybridized carbons (Fsp3) is 0.111. The van der Waals surface area contributed by atoms with Gasteiger partial charge < -0.3 is 0 Å². The van der Waals surface area contributed by atoms with Crippen LogP contribution in [0.1, 0.15) is 11.1 Å². The first-order chi connectivity index (χ1) is 12.7. The second-order valence-electron chi connectivity index (χ2n) is 5.64. The largest absolute Gasteiger partial charge is 0.227 e. The van der Waals surface area contributed by atoms with Crippen LogP contribution in [0.5, 0.6) is 0 Å². The Labute approximate surface area is 152 Å². The van der Waals surface area contributed by atoms with E-state index in [9.17, 15) is 8.78 Å². The van der Waals surface area contributed by atoms with Crippen LogP contribution in [0, 0.1) is 11.6 Å². The van der Waals surface area contributed by atoms with Gasteiger partial charge in [0.25, 0.3) is 0 Å². The molecule has 0 atom stereocenters. The number of rotatable bonds is 5. The van der Waals surface area contributed by atoms with Gasteiger partial charge in [-0.25, -0.2) is 23.4 Å². The minimum Gasteiger partial charge on any atom is -0.227 e. The first kappa shape index (κ1) is 16.6. The van der Waals surface area contributed by atoms with Crippen molar-refractivity contribution in [1.29, 1.82) is 0 Å². The molecule has 0 aliphatic carbocycles. The summed E-state index contributed by atoms with van der Waals surface area (Å²) in [5.41, 5.74) is 3.12. The van der Waals surface area contributed by atoms with E-state index in [1.54, 1.807) is 28.9 Å². The summed E-state index contributed by atoms with van der Waals surface area (Å²) in [6, 6.07) is 12.6. The van der Waals surface area contributed by atoms with Gasteiger partial charge in [0.1, 0.15) is 23.0 Å². The van der Waals surface area contributed by atoms with Gasteiger partial charge in [0, 0.05) is 5.75 Å². The minimum absolute atomic E-state index is 0.257. The molecule has 0 N–H and O–H groups in total. The Balaban J connectivity index is 1.56. The molecule has 4 aromatic rings. The van der Waals surface area contributed by atoms with Gasteiger partial charge in [0.2, 0.25) is 0 Å². The van der Waals surface area contributed by atoms with Crippen molar-refractivity contribution in [1.82, 2.24) is 25.0 Å². The number of nitrogens with zero attached hydrogens (tertiary/aromatic N) is 5. The van der Waals surface area contributed by atoms with Crippen LogP contribution in [0.4, 0.5) is 8.78 Å². The Bertz CT molecular complexity index is 1030. The van der Waals surface area contributed by atoms with Crippen LogP contribution in [-0.2, 0) is 12.3 Å². The fourth-order valence-electron chi connectivity index (χ4n) is 2.48. The molecule has 0 bridgehead atoms. The van der Waals surface area contributed by atoms with Gasteiger partial charge in [-0.15, -0.1) is 5.10 Å². The zero-order valence-corrected chi connectivity index (χ0v) is 14.3. The van der Waals surface area contributed by atoms with Gasteiger partial charge >= 0.3 is 0 Å². The first-order valence-electron chi connectivity index (χ1n) is 7.85. The maximum absolute atomic E-state index is 13.0. The number of fused-ring (bicyclic) bond motifs is 1. The van der Waals surface area contributed by atoms with Crippen molar-refractivity contribution in [3.05, 3.63) is 77.6 Å². The summed E-state index contributed by atoms with van der Waals surface area (Å²) in [6.07, 6.45) is 1.47. The number of benzene rings is 2. The van der Waals surface area contributed by atoms with Crippen molar-refractivity contribution in [3.8, 4) is 0 Å². The van der Waals surface area contributed by atoms with Crippen molar-refractivity contribution in [3.63, 3.8) is 0 Å². The molecule has 0 aliphatic heterocycles. The van der Waals surface area contributed by atoms with E-state index in [2.05, 4.69) is 20.3 Å². The van der Waals surface area contributed by atoms with Crippen LogP contribution in [0.3, 0.4) is 0 Å². The van der Waals surface area contributed by atoms with Crippen LogP contribution in [0.2, 0.25) is 0 Å². The van der Waals surface area contributed by atoms with Crippen molar-refractivity contribution < 1.29 is 8.78 Å². The molecule has 2 heterocycles. The highest BCUT2D eigenvalue weighted by Gasteiger charge is 2.12. The van der Waals surface area contributed by atoms with Crippen molar-refractivity contribution in [2.24, 2.45) is 0 Å². The van der Waals surface area contributed by atoms with Crippen LogP contribution >= 0.6 is 11.8 Å². The van der Waals surface area contributed by atoms with E-state index in [0.29, 0.717) is 28.5 Å². The molecule has 26 heavy (non-hydrogen) atoms. The molecule has 0 unspecified atom stereocenters. The molecule has 5 nitrogen and oxygen atoms in total. The van der Waals surface area contributed by atoms with Gasteiger partial charge in [0.05, 0.1) is 6.54 Å². The summed E-state index contributed by atoms with van der Waals surface area (Å²) in [5, 5.41) is 9.05. The van der Waals surface area contributed by atoms with Crippen LogP contribution in [0.15, 0.2) is 59.9 Å². The lowest BCUT2D eigenvalue weighted by Gasteiger charge is -2.03. The summed E-state index contributed by atoms with van der Waals surface area (Å²) < 4.78 is 27.7. The lowest BCUT2D eigenvalue weighted by molar-refractivity contribution is 0.623.